The van der Waals surface area contributed by atoms with Gasteiger partial charge in [-0.15, -0.1) is 0 Å². The van der Waals surface area contributed by atoms with Gasteiger partial charge in [0.15, 0.2) is 5.76 Å². The summed E-state index contributed by atoms with van der Waals surface area (Å²) in [7, 11) is 1.35. The molecule has 0 aliphatic rings. The van der Waals surface area contributed by atoms with Gasteiger partial charge in [0.25, 0.3) is 15.0 Å². The van der Waals surface area contributed by atoms with Gasteiger partial charge >= 0.3 is 0 Å². The quantitative estimate of drug-likeness (QED) is 0.849. The summed E-state index contributed by atoms with van der Waals surface area (Å²) in [4.78, 5) is 11.9. The maximum absolute atomic E-state index is 12.0. The number of furan rings is 1. The SMILES string of the molecule is CCC(C)(CC)NC(=O)c1cc(S(=O)(=O)Cl)c(C)o1. The molecule has 1 rings (SSSR count). The van der Waals surface area contributed by atoms with E-state index in [4.69, 9.17) is 15.1 Å². The van der Waals surface area contributed by atoms with Crippen LogP contribution in [0.15, 0.2) is 15.4 Å². The fourth-order valence-electron chi connectivity index (χ4n) is 1.58. The Morgan fingerprint density at radius 3 is 2.32 bits per heavy atom. The molecule has 1 heterocycles. The second-order valence-corrected chi connectivity index (χ2v) is 7.23. The third-order valence-corrected chi connectivity index (χ3v) is 4.76. The van der Waals surface area contributed by atoms with Gasteiger partial charge in [-0.05, 0) is 26.7 Å². The molecule has 0 atom stereocenters. The first kappa shape index (κ1) is 16.0. The largest absolute Gasteiger partial charge is 0.455 e. The van der Waals surface area contributed by atoms with Crippen molar-refractivity contribution in [1.29, 1.82) is 0 Å². The van der Waals surface area contributed by atoms with E-state index in [0.717, 1.165) is 18.9 Å². The fraction of sp³-hybridized carbons (Fsp3) is 0.583. The molecule has 7 heteroatoms. The number of carbonyl (C=O) groups excluding carboxylic acids is 1. The highest BCUT2D eigenvalue weighted by Gasteiger charge is 2.27. The summed E-state index contributed by atoms with van der Waals surface area (Å²) in [6.45, 7) is 7.29. The highest BCUT2D eigenvalue weighted by atomic mass is 35.7. The molecular weight excluding hydrogens is 290 g/mol. The van der Waals surface area contributed by atoms with Gasteiger partial charge in [-0.3, -0.25) is 4.79 Å². The Morgan fingerprint density at radius 2 is 1.95 bits per heavy atom. The van der Waals surface area contributed by atoms with Crippen molar-refractivity contribution in [3.05, 3.63) is 17.6 Å². The van der Waals surface area contributed by atoms with Crippen molar-refractivity contribution in [2.45, 2.75) is 51.0 Å². The molecule has 1 aromatic heterocycles. The highest BCUT2D eigenvalue weighted by molar-refractivity contribution is 8.13. The number of amides is 1. The highest BCUT2D eigenvalue weighted by Crippen LogP contribution is 2.24. The average molecular weight is 308 g/mol. The molecule has 0 radical (unpaired) electrons. The molecule has 0 spiro atoms. The number of nitrogens with one attached hydrogen (secondary N) is 1. The van der Waals surface area contributed by atoms with E-state index in [1.54, 1.807) is 0 Å². The molecule has 19 heavy (non-hydrogen) atoms. The molecule has 0 aliphatic carbocycles. The molecule has 0 unspecified atom stereocenters. The summed E-state index contributed by atoms with van der Waals surface area (Å²) in [6.07, 6.45) is 1.52. The maximum Gasteiger partial charge on any atom is 0.287 e. The van der Waals surface area contributed by atoms with Gasteiger partial charge in [0.2, 0.25) is 0 Å². The third-order valence-electron chi connectivity index (χ3n) is 3.33. The number of hydrogen-bond acceptors (Lipinski definition) is 4. The lowest BCUT2D eigenvalue weighted by Gasteiger charge is -2.27. The summed E-state index contributed by atoms with van der Waals surface area (Å²) in [5.74, 6) is -0.388. The van der Waals surface area contributed by atoms with Crippen LogP contribution < -0.4 is 5.32 Å². The minimum absolute atomic E-state index is 0.0511. The van der Waals surface area contributed by atoms with Gasteiger partial charge < -0.3 is 9.73 Å². The predicted molar refractivity (Wildman–Crippen MR) is 72.9 cm³/mol. The van der Waals surface area contributed by atoms with E-state index in [1.165, 1.54) is 6.92 Å². The van der Waals surface area contributed by atoms with Crippen molar-refractivity contribution in [2.24, 2.45) is 0 Å². The van der Waals surface area contributed by atoms with Crippen LogP contribution in [0.5, 0.6) is 0 Å². The molecule has 0 aromatic carbocycles. The molecule has 1 amide bonds. The van der Waals surface area contributed by atoms with Crippen LogP contribution in [0.3, 0.4) is 0 Å². The zero-order valence-corrected chi connectivity index (χ0v) is 13.0. The molecule has 0 saturated carbocycles. The van der Waals surface area contributed by atoms with Crippen molar-refractivity contribution >= 4 is 25.6 Å². The minimum atomic E-state index is -3.90. The lowest BCUT2D eigenvalue weighted by atomic mass is 9.95. The molecule has 108 valence electrons. The van der Waals surface area contributed by atoms with E-state index in [1.807, 2.05) is 20.8 Å². The Kier molecular flexibility index (Phi) is 4.68. The van der Waals surface area contributed by atoms with Gasteiger partial charge in [0.05, 0.1) is 0 Å². The zero-order valence-electron chi connectivity index (χ0n) is 11.4. The molecular formula is C12H18ClNO4S. The van der Waals surface area contributed by atoms with Gasteiger partial charge in [-0.2, -0.15) is 0 Å². The Bertz CT molecular complexity index is 573. The molecule has 0 aliphatic heterocycles. The Morgan fingerprint density at radius 1 is 1.42 bits per heavy atom. The van der Waals surface area contributed by atoms with E-state index in [-0.39, 0.29) is 22.0 Å². The number of hydrogen-bond donors (Lipinski definition) is 1. The van der Waals surface area contributed by atoms with Crippen LogP contribution in [0.25, 0.3) is 0 Å². The van der Waals surface area contributed by atoms with Gasteiger partial charge in [-0.1, -0.05) is 13.8 Å². The van der Waals surface area contributed by atoms with Crippen LogP contribution in [-0.4, -0.2) is 19.9 Å². The van der Waals surface area contributed by atoms with Crippen molar-refractivity contribution in [2.75, 3.05) is 0 Å². The van der Waals surface area contributed by atoms with Crippen LogP contribution in [0.4, 0.5) is 0 Å². The first-order valence-electron chi connectivity index (χ1n) is 6.00. The Balaban J connectivity index is 3.03. The lowest BCUT2D eigenvalue weighted by molar-refractivity contribution is 0.0871. The van der Waals surface area contributed by atoms with Crippen molar-refractivity contribution in [1.82, 2.24) is 5.32 Å². The van der Waals surface area contributed by atoms with E-state index in [9.17, 15) is 13.2 Å². The summed E-state index contributed by atoms with van der Waals surface area (Å²) >= 11 is 0. The monoisotopic (exact) mass is 307 g/mol. The molecule has 0 fully saturated rings. The van der Waals surface area contributed by atoms with Crippen LogP contribution in [0, 0.1) is 6.92 Å². The molecule has 1 N–H and O–H groups in total. The number of carbonyl (C=O) groups is 1. The van der Waals surface area contributed by atoms with Crippen molar-refractivity contribution in [3.63, 3.8) is 0 Å². The van der Waals surface area contributed by atoms with Gasteiger partial charge in [0, 0.05) is 22.3 Å². The van der Waals surface area contributed by atoms with Crippen LogP contribution >= 0.6 is 10.7 Å². The van der Waals surface area contributed by atoms with Gasteiger partial charge in [-0.25, -0.2) is 8.42 Å². The lowest BCUT2D eigenvalue weighted by Crippen LogP contribution is -2.44. The van der Waals surface area contributed by atoms with Gasteiger partial charge in [0.1, 0.15) is 10.7 Å². The fourth-order valence-corrected chi connectivity index (χ4v) is 2.67. The topological polar surface area (TPSA) is 76.4 Å². The smallest absolute Gasteiger partial charge is 0.287 e. The molecule has 5 nitrogen and oxygen atoms in total. The second-order valence-electron chi connectivity index (χ2n) is 4.69. The summed E-state index contributed by atoms with van der Waals surface area (Å²) in [5.41, 5.74) is -0.349. The first-order valence-corrected chi connectivity index (χ1v) is 8.31. The molecule has 0 bridgehead atoms. The van der Waals surface area contributed by atoms with Crippen LogP contribution in [0.1, 0.15) is 49.9 Å². The number of aryl methyl sites for hydroxylation is 1. The van der Waals surface area contributed by atoms with E-state index < -0.39 is 15.0 Å². The standard InChI is InChI=1S/C12H18ClNO4S/c1-5-12(4,6-2)14-11(15)9-7-10(8(3)18-9)19(13,16)17/h7H,5-6H2,1-4H3,(H,14,15). The molecule has 0 saturated heterocycles. The van der Waals surface area contributed by atoms with Crippen LogP contribution in [-0.2, 0) is 9.05 Å². The normalized spacial score (nSPS) is 12.5. The average Bonchev–Trinajstić information content (AvgIpc) is 2.71. The first-order chi connectivity index (χ1) is 8.63. The second kappa shape index (κ2) is 5.54. The Hall–Kier alpha value is -1.01. The predicted octanol–water partition coefficient (Wildman–Crippen LogP) is 2.82. The zero-order chi connectivity index (χ0) is 14.8. The summed E-state index contributed by atoms with van der Waals surface area (Å²) in [5, 5.41) is 2.83. The Labute approximate surface area is 117 Å². The van der Waals surface area contributed by atoms with E-state index in [2.05, 4.69) is 5.32 Å². The maximum atomic E-state index is 12.0. The van der Waals surface area contributed by atoms with Crippen molar-refractivity contribution in [3.8, 4) is 0 Å². The number of rotatable bonds is 5. The summed E-state index contributed by atoms with van der Waals surface area (Å²) in [6, 6.07) is 1.15. The minimum Gasteiger partial charge on any atom is -0.455 e. The third kappa shape index (κ3) is 3.73. The van der Waals surface area contributed by atoms with Crippen LogP contribution in [0.2, 0.25) is 0 Å². The summed E-state index contributed by atoms with van der Waals surface area (Å²) < 4.78 is 27.7. The van der Waals surface area contributed by atoms with E-state index in [0.29, 0.717) is 0 Å². The number of halogens is 1. The van der Waals surface area contributed by atoms with Crippen molar-refractivity contribution < 1.29 is 17.6 Å². The molecule has 1 aromatic rings. The van der Waals surface area contributed by atoms with E-state index >= 15 is 0 Å².